The Labute approximate surface area is 186 Å². The quantitative estimate of drug-likeness (QED) is 0.337. The molecule has 31 heavy (non-hydrogen) atoms. The van der Waals surface area contributed by atoms with Crippen LogP contribution in [0.5, 0.6) is 5.75 Å². The summed E-state index contributed by atoms with van der Waals surface area (Å²) in [6.45, 7) is 3.72. The van der Waals surface area contributed by atoms with Crippen LogP contribution in [-0.4, -0.2) is 21.3 Å². The lowest BCUT2D eigenvalue weighted by Gasteiger charge is -2.10. The fourth-order valence-corrected chi connectivity index (χ4v) is 3.11. The molecule has 0 atom stereocenters. The molecule has 0 aliphatic heterocycles. The molecule has 9 heteroatoms. The third-order valence-electron chi connectivity index (χ3n) is 4.54. The molecule has 0 amide bonds. The topological polar surface area (TPSA) is 100 Å². The molecule has 0 saturated heterocycles. The maximum Gasteiger partial charge on any atom is 0.342 e. The summed E-state index contributed by atoms with van der Waals surface area (Å²) in [5.74, 6) is 1.06. The van der Waals surface area contributed by atoms with Crippen molar-refractivity contribution < 1.29 is 23.2 Å². The minimum atomic E-state index is -0.558. The Morgan fingerprint density at radius 3 is 2.55 bits per heavy atom. The van der Waals surface area contributed by atoms with Crippen molar-refractivity contribution in [3.63, 3.8) is 0 Å². The molecule has 2 aromatic carbocycles. The molecule has 0 saturated carbocycles. The highest BCUT2D eigenvalue weighted by Gasteiger charge is 2.17. The van der Waals surface area contributed by atoms with Gasteiger partial charge in [-0.3, -0.25) is 0 Å². The standard InChI is InChI=1S/C22H18BrN3O5/c1-13-18(14(2)31-26-13)11-28-19-6-4-3-5-17(19)22(27)29-12-20-24-25-21(30-20)15-7-9-16(23)10-8-15/h3-10H,11-12H2,1-2H3. The molecule has 0 N–H and O–H groups in total. The lowest BCUT2D eigenvalue weighted by Crippen LogP contribution is -2.08. The van der Waals surface area contributed by atoms with Crippen molar-refractivity contribution in [2.24, 2.45) is 0 Å². The zero-order valence-electron chi connectivity index (χ0n) is 16.8. The number of esters is 1. The number of aromatic nitrogens is 3. The van der Waals surface area contributed by atoms with Gasteiger partial charge in [-0.1, -0.05) is 33.2 Å². The van der Waals surface area contributed by atoms with Crippen LogP contribution >= 0.6 is 15.9 Å². The first-order valence-corrected chi connectivity index (χ1v) is 10.2. The molecule has 2 heterocycles. The average molecular weight is 484 g/mol. The van der Waals surface area contributed by atoms with E-state index < -0.39 is 5.97 Å². The predicted octanol–water partition coefficient (Wildman–Crippen LogP) is 5.04. The summed E-state index contributed by atoms with van der Waals surface area (Å²) in [5, 5.41) is 11.8. The Bertz CT molecular complexity index is 1180. The van der Waals surface area contributed by atoms with Gasteiger partial charge in [0.1, 0.15) is 23.7 Å². The Kier molecular flexibility index (Phi) is 6.13. The van der Waals surface area contributed by atoms with E-state index >= 15 is 0 Å². The van der Waals surface area contributed by atoms with Gasteiger partial charge in [-0.2, -0.15) is 0 Å². The Morgan fingerprint density at radius 2 is 1.81 bits per heavy atom. The molecule has 0 aliphatic rings. The number of hydrogen-bond donors (Lipinski definition) is 0. The molecular formula is C22H18BrN3O5. The predicted molar refractivity (Wildman–Crippen MR) is 113 cm³/mol. The van der Waals surface area contributed by atoms with Crippen molar-refractivity contribution in [1.29, 1.82) is 0 Å². The van der Waals surface area contributed by atoms with Crippen LogP contribution in [0.15, 0.2) is 61.9 Å². The van der Waals surface area contributed by atoms with E-state index in [1.54, 1.807) is 24.3 Å². The normalized spacial score (nSPS) is 10.8. The van der Waals surface area contributed by atoms with Crippen LogP contribution in [0.3, 0.4) is 0 Å². The van der Waals surface area contributed by atoms with E-state index in [4.69, 9.17) is 18.4 Å². The molecule has 158 valence electrons. The number of carbonyl (C=O) groups is 1. The van der Waals surface area contributed by atoms with Crippen LogP contribution in [0.4, 0.5) is 0 Å². The van der Waals surface area contributed by atoms with Gasteiger partial charge in [0.15, 0.2) is 6.61 Å². The van der Waals surface area contributed by atoms with Crippen LogP contribution in [0.1, 0.15) is 33.3 Å². The highest BCUT2D eigenvalue weighted by molar-refractivity contribution is 9.10. The summed E-state index contributed by atoms with van der Waals surface area (Å²) < 4.78 is 22.9. The summed E-state index contributed by atoms with van der Waals surface area (Å²) in [4.78, 5) is 12.6. The van der Waals surface area contributed by atoms with Gasteiger partial charge in [0.05, 0.1) is 11.3 Å². The maximum absolute atomic E-state index is 12.6. The lowest BCUT2D eigenvalue weighted by atomic mass is 10.2. The number of hydrogen-bond acceptors (Lipinski definition) is 8. The van der Waals surface area contributed by atoms with Crippen LogP contribution in [-0.2, 0) is 18.0 Å². The summed E-state index contributed by atoms with van der Waals surface area (Å²) in [5.41, 5.74) is 2.65. The molecule has 0 radical (unpaired) electrons. The largest absolute Gasteiger partial charge is 0.488 e. The zero-order chi connectivity index (χ0) is 21.8. The van der Waals surface area contributed by atoms with E-state index in [0.29, 0.717) is 23.0 Å². The Balaban J connectivity index is 1.41. The summed E-state index contributed by atoms with van der Waals surface area (Å²) in [6, 6.07) is 14.3. The van der Waals surface area contributed by atoms with Gasteiger partial charge in [0.25, 0.3) is 5.89 Å². The summed E-state index contributed by atoms with van der Waals surface area (Å²) in [7, 11) is 0. The first-order valence-electron chi connectivity index (χ1n) is 9.40. The SMILES string of the molecule is Cc1noc(C)c1COc1ccccc1C(=O)OCc1nnc(-c2ccc(Br)cc2)o1. The average Bonchev–Trinajstić information content (AvgIpc) is 3.38. The first kappa shape index (κ1) is 20.8. The van der Waals surface area contributed by atoms with Crippen molar-refractivity contribution in [1.82, 2.24) is 15.4 Å². The minimum absolute atomic E-state index is 0.152. The maximum atomic E-state index is 12.6. The number of carbonyl (C=O) groups excluding carboxylic acids is 1. The van der Waals surface area contributed by atoms with Gasteiger partial charge >= 0.3 is 5.97 Å². The van der Waals surface area contributed by atoms with E-state index in [1.165, 1.54) is 0 Å². The van der Waals surface area contributed by atoms with Crippen molar-refractivity contribution >= 4 is 21.9 Å². The van der Waals surface area contributed by atoms with Gasteiger partial charge in [-0.15, -0.1) is 10.2 Å². The highest BCUT2D eigenvalue weighted by atomic mass is 79.9. The number of para-hydroxylation sites is 1. The van der Waals surface area contributed by atoms with Gasteiger partial charge in [-0.05, 0) is 50.2 Å². The molecular weight excluding hydrogens is 466 g/mol. The van der Waals surface area contributed by atoms with Crippen LogP contribution < -0.4 is 4.74 Å². The fraction of sp³-hybridized carbons (Fsp3) is 0.182. The second-order valence-corrected chi connectivity index (χ2v) is 7.59. The number of benzene rings is 2. The van der Waals surface area contributed by atoms with Crippen molar-refractivity contribution in [2.45, 2.75) is 27.1 Å². The second kappa shape index (κ2) is 9.13. The highest BCUT2D eigenvalue weighted by Crippen LogP contribution is 2.24. The Morgan fingerprint density at radius 1 is 1.03 bits per heavy atom. The summed E-state index contributed by atoms with van der Waals surface area (Å²) in [6.07, 6.45) is 0. The van der Waals surface area contributed by atoms with Crippen molar-refractivity contribution in [3.05, 3.63) is 81.5 Å². The van der Waals surface area contributed by atoms with Crippen molar-refractivity contribution in [2.75, 3.05) is 0 Å². The smallest absolute Gasteiger partial charge is 0.342 e. The van der Waals surface area contributed by atoms with Crippen molar-refractivity contribution in [3.8, 4) is 17.2 Å². The second-order valence-electron chi connectivity index (χ2n) is 6.67. The number of halogens is 1. The van der Waals surface area contributed by atoms with E-state index in [-0.39, 0.29) is 19.1 Å². The zero-order valence-corrected chi connectivity index (χ0v) is 18.4. The molecule has 4 aromatic rings. The first-order chi connectivity index (χ1) is 15.0. The van der Waals surface area contributed by atoms with Gasteiger partial charge in [0.2, 0.25) is 5.89 Å². The van der Waals surface area contributed by atoms with Crippen LogP contribution in [0.25, 0.3) is 11.5 Å². The number of aryl methyl sites for hydroxylation is 2. The monoisotopic (exact) mass is 483 g/mol. The molecule has 0 spiro atoms. The molecule has 0 bridgehead atoms. The number of nitrogens with zero attached hydrogens (tertiary/aromatic N) is 3. The minimum Gasteiger partial charge on any atom is -0.488 e. The fourth-order valence-electron chi connectivity index (χ4n) is 2.85. The van der Waals surface area contributed by atoms with E-state index in [9.17, 15) is 4.79 Å². The van der Waals surface area contributed by atoms with Gasteiger partial charge in [-0.25, -0.2) is 4.79 Å². The molecule has 0 fully saturated rings. The van der Waals surface area contributed by atoms with Crippen LogP contribution in [0.2, 0.25) is 0 Å². The molecule has 4 rings (SSSR count). The van der Waals surface area contributed by atoms with E-state index in [2.05, 4.69) is 31.3 Å². The molecule has 8 nitrogen and oxygen atoms in total. The Hall–Kier alpha value is -3.46. The number of ether oxygens (including phenoxy) is 2. The lowest BCUT2D eigenvalue weighted by molar-refractivity contribution is 0.0433. The molecule has 2 aromatic heterocycles. The van der Waals surface area contributed by atoms with Gasteiger partial charge < -0.3 is 18.4 Å². The molecule has 0 unspecified atom stereocenters. The van der Waals surface area contributed by atoms with Gasteiger partial charge in [0, 0.05) is 10.0 Å². The third-order valence-corrected chi connectivity index (χ3v) is 5.07. The number of rotatable bonds is 7. The summed E-state index contributed by atoms with van der Waals surface area (Å²) >= 11 is 3.38. The molecule has 0 aliphatic carbocycles. The third kappa shape index (κ3) is 4.83. The van der Waals surface area contributed by atoms with Crippen LogP contribution in [0, 0.1) is 13.8 Å². The van der Waals surface area contributed by atoms with E-state index in [1.807, 2.05) is 38.1 Å². The van der Waals surface area contributed by atoms with E-state index in [0.717, 1.165) is 21.3 Å².